The zero-order chi connectivity index (χ0) is 19.7. The molecule has 0 spiro atoms. The molecule has 1 N–H and O–H groups in total. The van der Waals surface area contributed by atoms with Crippen molar-refractivity contribution in [3.05, 3.63) is 83.9 Å². The maximum atomic E-state index is 12.9. The summed E-state index contributed by atoms with van der Waals surface area (Å²) in [6.07, 6.45) is 0. The van der Waals surface area contributed by atoms with Crippen LogP contribution < -0.4 is 15.0 Å². The van der Waals surface area contributed by atoms with Crippen LogP contribution in [0.2, 0.25) is 0 Å². The molecule has 4 rings (SSSR count). The first-order valence-electron chi connectivity index (χ1n) is 8.66. The monoisotopic (exact) mass is 372 g/mol. The maximum absolute atomic E-state index is 12.9. The molecule has 138 valence electrons. The van der Waals surface area contributed by atoms with Crippen molar-refractivity contribution in [3.8, 4) is 11.5 Å². The topological polar surface area (TPSA) is 75.7 Å². The number of imide groups is 1. The molecular formula is C22H16N2O4. The summed E-state index contributed by atoms with van der Waals surface area (Å²) in [4.78, 5) is 37.8. The number of ether oxygens (including phenoxy) is 1. The molecule has 1 heterocycles. The SMILES string of the molecule is CC(=O)Nc1ccc(N2C(=O)c3ccc(Oc4ccccc4)cc3C2=O)cc1. The van der Waals surface area contributed by atoms with E-state index in [4.69, 9.17) is 4.74 Å². The Labute approximate surface area is 161 Å². The van der Waals surface area contributed by atoms with Gasteiger partial charge in [-0.3, -0.25) is 14.4 Å². The summed E-state index contributed by atoms with van der Waals surface area (Å²) in [5, 5.41) is 2.65. The van der Waals surface area contributed by atoms with Crippen LogP contribution in [0.4, 0.5) is 11.4 Å². The van der Waals surface area contributed by atoms with Crippen LogP contribution >= 0.6 is 0 Å². The normalized spacial score (nSPS) is 12.7. The number of hydrogen-bond donors (Lipinski definition) is 1. The Morgan fingerprint density at radius 3 is 2.18 bits per heavy atom. The van der Waals surface area contributed by atoms with Crippen molar-refractivity contribution in [3.63, 3.8) is 0 Å². The van der Waals surface area contributed by atoms with Gasteiger partial charge in [-0.1, -0.05) is 18.2 Å². The van der Waals surface area contributed by atoms with Gasteiger partial charge in [0.15, 0.2) is 0 Å². The van der Waals surface area contributed by atoms with E-state index in [0.717, 1.165) is 4.90 Å². The minimum atomic E-state index is -0.411. The summed E-state index contributed by atoms with van der Waals surface area (Å²) in [6.45, 7) is 1.41. The first-order valence-corrected chi connectivity index (χ1v) is 8.66. The Hall–Kier alpha value is -3.93. The molecule has 1 aliphatic rings. The third kappa shape index (κ3) is 3.23. The Morgan fingerprint density at radius 1 is 0.821 bits per heavy atom. The molecule has 0 aliphatic carbocycles. The number of carbonyl (C=O) groups excluding carboxylic acids is 3. The lowest BCUT2D eigenvalue weighted by atomic mass is 10.1. The number of rotatable bonds is 4. The van der Waals surface area contributed by atoms with Crippen molar-refractivity contribution in [2.45, 2.75) is 6.92 Å². The molecule has 0 bridgehead atoms. The second kappa shape index (κ2) is 7.00. The fraction of sp³-hybridized carbons (Fsp3) is 0.0455. The molecule has 6 heteroatoms. The second-order valence-corrected chi connectivity index (χ2v) is 6.30. The quantitative estimate of drug-likeness (QED) is 0.695. The smallest absolute Gasteiger partial charge is 0.266 e. The number of para-hydroxylation sites is 1. The van der Waals surface area contributed by atoms with E-state index in [-0.39, 0.29) is 5.91 Å². The third-order valence-corrected chi connectivity index (χ3v) is 4.28. The van der Waals surface area contributed by atoms with Gasteiger partial charge in [-0.25, -0.2) is 4.90 Å². The van der Waals surface area contributed by atoms with Gasteiger partial charge in [0.05, 0.1) is 16.8 Å². The van der Waals surface area contributed by atoms with Gasteiger partial charge in [0.2, 0.25) is 5.91 Å². The van der Waals surface area contributed by atoms with E-state index in [9.17, 15) is 14.4 Å². The summed E-state index contributed by atoms with van der Waals surface area (Å²) in [6, 6.07) is 20.6. The van der Waals surface area contributed by atoms with Crippen LogP contribution in [0.5, 0.6) is 11.5 Å². The summed E-state index contributed by atoms with van der Waals surface area (Å²) in [5.41, 5.74) is 1.65. The van der Waals surface area contributed by atoms with Gasteiger partial charge in [0.1, 0.15) is 11.5 Å². The lowest BCUT2D eigenvalue weighted by molar-refractivity contribution is -0.114. The van der Waals surface area contributed by atoms with Crippen molar-refractivity contribution < 1.29 is 19.1 Å². The van der Waals surface area contributed by atoms with Gasteiger partial charge >= 0.3 is 0 Å². The van der Waals surface area contributed by atoms with E-state index in [2.05, 4.69) is 5.32 Å². The Balaban J connectivity index is 1.61. The van der Waals surface area contributed by atoms with E-state index in [0.29, 0.717) is 34.0 Å². The van der Waals surface area contributed by atoms with Gasteiger partial charge in [-0.2, -0.15) is 0 Å². The molecule has 0 atom stereocenters. The molecule has 0 radical (unpaired) electrons. The van der Waals surface area contributed by atoms with Gasteiger partial charge in [0.25, 0.3) is 11.8 Å². The number of nitrogens with one attached hydrogen (secondary N) is 1. The zero-order valence-corrected chi connectivity index (χ0v) is 15.0. The van der Waals surface area contributed by atoms with E-state index in [1.807, 2.05) is 30.3 Å². The predicted molar refractivity (Wildman–Crippen MR) is 105 cm³/mol. The number of nitrogens with zero attached hydrogens (tertiary/aromatic N) is 1. The van der Waals surface area contributed by atoms with Crippen LogP contribution in [-0.2, 0) is 4.79 Å². The average Bonchev–Trinajstić information content (AvgIpc) is 2.93. The van der Waals surface area contributed by atoms with Gasteiger partial charge in [-0.05, 0) is 54.6 Å². The van der Waals surface area contributed by atoms with Gasteiger partial charge in [0, 0.05) is 12.6 Å². The Bertz CT molecular complexity index is 1080. The van der Waals surface area contributed by atoms with Crippen LogP contribution in [0.15, 0.2) is 72.8 Å². The van der Waals surface area contributed by atoms with Crippen molar-refractivity contribution in [2.24, 2.45) is 0 Å². The molecule has 0 aromatic heterocycles. The molecule has 3 aromatic carbocycles. The van der Waals surface area contributed by atoms with Crippen LogP contribution in [0.1, 0.15) is 27.6 Å². The number of fused-ring (bicyclic) bond motifs is 1. The van der Waals surface area contributed by atoms with Crippen molar-refractivity contribution in [2.75, 3.05) is 10.2 Å². The first-order chi connectivity index (χ1) is 13.5. The lowest BCUT2D eigenvalue weighted by Crippen LogP contribution is -2.29. The predicted octanol–water partition coefficient (Wildman–Crippen LogP) is 4.24. The number of amides is 3. The summed E-state index contributed by atoms with van der Waals surface area (Å²) in [5.74, 6) is 0.127. The van der Waals surface area contributed by atoms with E-state index >= 15 is 0 Å². The highest BCUT2D eigenvalue weighted by Gasteiger charge is 2.37. The summed E-state index contributed by atoms with van der Waals surface area (Å²) >= 11 is 0. The molecular weight excluding hydrogens is 356 g/mol. The number of anilines is 2. The molecule has 0 saturated carbocycles. The largest absolute Gasteiger partial charge is 0.457 e. The first kappa shape index (κ1) is 17.5. The maximum Gasteiger partial charge on any atom is 0.266 e. The van der Waals surface area contributed by atoms with Crippen molar-refractivity contribution >= 4 is 29.1 Å². The standard InChI is InChI=1S/C22H16N2O4/c1-14(25)23-15-7-9-16(10-8-15)24-21(26)19-12-11-18(13-20(19)22(24)27)28-17-5-3-2-4-6-17/h2-13H,1H3,(H,23,25). The highest BCUT2D eigenvalue weighted by molar-refractivity contribution is 6.34. The third-order valence-electron chi connectivity index (χ3n) is 4.28. The molecule has 0 saturated heterocycles. The van der Waals surface area contributed by atoms with E-state index in [1.54, 1.807) is 42.5 Å². The van der Waals surface area contributed by atoms with Crippen LogP contribution in [-0.4, -0.2) is 17.7 Å². The Morgan fingerprint density at radius 2 is 1.50 bits per heavy atom. The molecule has 1 aliphatic heterocycles. The number of hydrogen-bond acceptors (Lipinski definition) is 4. The minimum absolute atomic E-state index is 0.195. The lowest BCUT2D eigenvalue weighted by Gasteiger charge is -2.14. The minimum Gasteiger partial charge on any atom is -0.457 e. The molecule has 28 heavy (non-hydrogen) atoms. The van der Waals surface area contributed by atoms with Crippen LogP contribution in [0, 0.1) is 0 Å². The molecule has 6 nitrogen and oxygen atoms in total. The van der Waals surface area contributed by atoms with Gasteiger partial charge in [-0.15, -0.1) is 0 Å². The molecule has 0 fully saturated rings. The number of benzene rings is 3. The molecule has 3 aromatic rings. The van der Waals surface area contributed by atoms with Crippen LogP contribution in [0.25, 0.3) is 0 Å². The Kier molecular flexibility index (Phi) is 4.37. The summed E-state index contributed by atoms with van der Waals surface area (Å²) < 4.78 is 5.76. The molecule has 3 amide bonds. The highest BCUT2D eigenvalue weighted by Crippen LogP contribution is 2.32. The number of carbonyl (C=O) groups is 3. The fourth-order valence-electron chi connectivity index (χ4n) is 3.04. The summed E-state index contributed by atoms with van der Waals surface area (Å²) in [7, 11) is 0. The van der Waals surface area contributed by atoms with E-state index in [1.165, 1.54) is 6.92 Å². The van der Waals surface area contributed by atoms with E-state index < -0.39 is 11.8 Å². The van der Waals surface area contributed by atoms with Crippen molar-refractivity contribution in [1.29, 1.82) is 0 Å². The zero-order valence-electron chi connectivity index (χ0n) is 15.0. The van der Waals surface area contributed by atoms with Gasteiger partial charge < -0.3 is 10.1 Å². The average molecular weight is 372 g/mol. The second-order valence-electron chi connectivity index (χ2n) is 6.30. The fourth-order valence-corrected chi connectivity index (χ4v) is 3.04. The molecule has 0 unspecified atom stereocenters. The van der Waals surface area contributed by atoms with Crippen molar-refractivity contribution in [1.82, 2.24) is 0 Å². The van der Waals surface area contributed by atoms with Crippen LogP contribution in [0.3, 0.4) is 0 Å². The highest BCUT2D eigenvalue weighted by atomic mass is 16.5.